The van der Waals surface area contributed by atoms with Crippen LogP contribution in [0, 0.1) is 13.8 Å². The van der Waals surface area contributed by atoms with E-state index in [4.69, 9.17) is 9.26 Å². The first-order valence-electron chi connectivity index (χ1n) is 9.74. The number of ether oxygens (including phenoxy) is 1. The lowest BCUT2D eigenvalue weighted by Crippen LogP contribution is -2.35. The summed E-state index contributed by atoms with van der Waals surface area (Å²) in [6.07, 6.45) is 0. The molecule has 31 heavy (non-hydrogen) atoms. The lowest BCUT2D eigenvalue weighted by atomic mass is 10.1. The van der Waals surface area contributed by atoms with Crippen molar-refractivity contribution in [2.75, 3.05) is 19.1 Å². The van der Waals surface area contributed by atoms with Gasteiger partial charge in [-0.15, -0.1) is 0 Å². The van der Waals surface area contributed by atoms with Crippen molar-refractivity contribution in [1.82, 2.24) is 14.9 Å². The first-order chi connectivity index (χ1) is 14.9. The van der Waals surface area contributed by atoms with Crippen LogP contribution in [-0.4, -0.2) is 35.0 Å². The van der Waals surface area contributed by atoms with Gasteiger partial charge in [0.2, 0.25) is 5.91 Å². The normalized spacial score (nSPS) is 11.0. The van der Waals surface area contributed by atoms with E-state index in [1.165, 1.54) is 4.90 Å². The molecule has 0 fully saturated rings. The molecule has 4 aromatic rings. The maximum atomic E-state index is 13.0. The standard InChI is InChI=1S/C23H22N4O4/c1-14-7-5-9-17(11-14)26(3)19(28)13-27-23(29)22-20(15(2)31-25-22)21(24-27)16-8-6-10-18(12-16)30-4/h5-12H,13H2,1-4H3. The Labute approximate surface area is 178 Å². The van der Waals surface area contributed by atoms with Crippen LogP contribution in [0.1, 0.15) is 11.3 Å². The van der Waals surface area contributed by atoms with Gasteiger partial charge in [0.25, 0.3) is 5.56 Å². The average Bonchev–Trinajstić information content (AvgIpc) is 3.17. The molecule has 0 radical (unpaired) electrons. The van der Waals surface area contributed by atoms with E-state index in [0.29, 0.717) is 22.6 Å². The van der Waals surface area contributed by atoms with Crippen LogP contribution in [0.2, 0.25) is 0 Å². The molecule has 0 atom stereocenters. The van der Waals surface area contributed by atoms with Crippen molar-refractivity contribution >= 4 is 22.5 Å². The Bertz CT molecular complexity index is 1340. The van der Waals surface area contributed by atoms with Crippen LogP contribution in [0.3, 0.4) is 0 Å². The van der Waals surface area contributed by atoms with Gasteiger partial charge in [-0.25, -0.2) is 4.68 Å². The Kier molecular flexibility index (Phi) is 5.29. The van der Waals surface area contributed by atoms with Gasteiger partial charge in [-0.2, -0.15) is 5.10 Å². The molecular weight excluding hydrogens is 396 g/mol. The summed E-state index contributed by atoms with van der Waals surface area (Å²) in [5.74, 6) is 0.846. The van der Waals surface area contributed by atoms with Gasteiger partial charge in [0, 0.05) is 18.3 Å². The predicted molar refractivity (Wildman–Crippen MR) is 117 cm³/mol. The third kappa shape index (κ3) is 3.79. The smallest absolute Gasteiger partial charge is 0.297 e. The molecule has 8 heteroatoms. The van der Waals surface area contributed by atoms with Gasteiger partial charge in [-0.05, 0) is 43.7 Å². The molecule has 2 heterocycles. The van der Waals surface area contributed by atoms with Gasteiger partial charge in [0.15, 0.2) is 5.52 Å². The molecule has 8 nitrogen and oxygen atoms in total. The molecule has 0 N–H and O–H groups in total. The summed E-state index contributed by atoms with van der Waals surface area (Å²) in [7, 11) is 3.25. The fourth-order valence-electron chi connectivity index (χ4n) is 3.43. The Hall–Kier alpha value is -3.94. The molecular formula is C23H22N4O4. The highest BCUT2D eigenvalue weighted by Crippen LogP contribution is 2.29. The molecule has 0 spiro atoms. The Balaban J connectivity index is 1.79. The van der Waals surface area contributed by atoms with Crippen LogP contribution < -0.4 is 15.2 Å². The molecule has 4 rings (SSSR count). The maximum Gasteiger partial charge on any atom is 0.297 e. The monoisotopic (exact) mass is 418 g/mol. The minimum Gasteiger partial charge on any atom is -0.497 e. The zero-order valence-electron chi connectivity index (χ0n) is 17.7. The van der Waals surface area contributed by atoms with Crippen LogP contribution in [0.25, 0.3) is 22.2 Å². The van der Waals surface area contributed by atoms with E-state index < -0.39 is 5.56 Å². The van der Waals surface area contributed by atoms with Gasteiger partial charge in [0.05, 0.1) is 12.5 Å². The molecule has 1 amide bonds. The van der Waals surface area contributed by atoms with Crippen LogP contribution in [0.4, 0.5) is 5.69 Å². The second-order valence-corrected chi connectivity index (χ2v) is 7.30. The number of carbonyl (C=O) groups excluding carboxylic acids is 1. The van der Waals surface area contributed by atoms with E-state index >= 15 is 0 Å². The number of hydrogen-bond acceptors (Lipinski definition) is 6. The third-order valence-electron chi connectivity index (χ3n) is 5.15. The second-order valence-electron chi connectivity index (χ2n) is 7.30. The van der Waals surface area contributed by atoms with Crippen LogP contribution >= 0.6 is 0 Å². The molecule has 2 aromatic heterocycles. The quantitative estimate of drug-likeness (QED) is 0.494. The van der Waals surface area contributed by atoms with Crippen molar-refractivity contribution in [1.29, 1.82) is 0 Å². The largest absolute Gasteiger partial charge is 0.497 e. The van der Waals surface area contributed by atoms with Gasteiger partial charge in [-0.1, -0.05) is 29.4 Å². The van der Waals surface area contributed by atoms with E-state index in [0.717, 1.165) is 21.5 Å². The van der Waals surface area contributed by atoms with E-state index in [1.807, 2.05) is 55.5 Å². The fourth-order valence-corrected chi connectivity index (χ4v) is 3.43. The number of likely N-dealkylation sites (N-methyl/N-ethyl adjacent to an activating group) is 1. The fraction of sp³-hybridized carbons (Fsp3) is 0.217. The van der Waals surface area contributed by atoms with Gasteiger partial charge in [0.1, 0.15) is 23.7 Å². The summed E-state index contributed by atoms with van der Waals surface area (Å²) in [5.41, 5.74) is 2.65. The molecule has 0 aliphatic rings. The minimum atomic E-state index is -0.482. The van der Waals surface area contributed by atoms with Crippen molar-refractivity contribution in [2.45, 2.75) is 20.4 Å². The topological polar surface area (TPSA) is 90.5 Å². The summed E-state index contributed by atoms with van der Waals surface area (Å²) < 4.78 is 11.7. The summed E-state index contributed by atoms with van der Waals surface area (Å²) in [6, 6.07) is 14.9. The number of aromatic nitrogens is 3. The van der Waals surface area contributed by atoms with Gasteiger partial charge in [-0.3, -0.25) is 9.59 Å². The SMILES string of the molecule is COc1cccc(-c2nn(CC(=O)N(C)c3cccc(C)c3)c(=O)c3noc(C)c23)c1. The van der Waals surface area contributed by atoms with Crippen molar-refractivity contribution in [3.05, 3.63) is 70.2 Å². The van der Waals surface area contributed by atoms with Crippen molar-refractivity contribution in [3.8, 4) is 17.0 Å². The van der Waals surface area contributed by atoms with Crippen LogP contribution in [0.5, 0.6) is 5.75 Å². The summed E-state index contributed by atoms with van der Waals surface area (Å²) >= 11 is 0. The number of carbonyl (C=O) groups is 1. The minimum absolute atomic E-state index is 0.135. The van der Waals surface area contributed by atoms with Gasteiger partial charge < -0.3 is 14.2 Å². The van der Waals surface area contributed by atoms with E-state index in [-0.39, 0.29) is 18.0 Å². The molecule has 158 valence electrons. The highest BCUT2D eigenvalue weighted by Gasteiger charge is 2.21. The first kappa shape index (κ1) is 20.3. The molecule has 0 aliphatic carbocycles. The van der Waals surface area contributed by atoms with E-state index in [9.17, 15) is 9.59 Å². The van der Waals surface area contributed by atoms with Crippen molar-refractivity contribution in [3.63, 3.8) is 0 Å². The Morgan fingerprint density at radius 1 is 1.16 bits per heavy atom. The third-order valence-corrected chi connectivity index (χ3v) is 5.15. The zero-order valence-corrected chi connectivity index (χ0v) is 17.7. The van der Waals surface area contributed by atoms with Crippen molar-refractivity contribution in [2.24, 2.45) is 0 Å². The number of hydrogen-bond donors (Lipinski definition) is 0. The summed E-state index contributed by atoms with van der Waals surface area (Å²) in [4.78, 5) is 27.4. The van der Waals surface area contributed by atoms with Crippen LogP contribution in [-0.2, 0) is 11.3 Å². The number of benzene rings is 2. The second kappa shape index (κ2) is 8.06. The van der Waals surface area contributed by atoms with Gasteiger partial charge >= 0.3 is 0 Å². The molecule has 0 aliphatic heterocycles. The number of amides is 1. The number of nitrogens with zero attached hydrogens (tertiary/aromatic N) is 4. The van der Waals surface area contributed by atoms with E-state index in [1.54, 1.807) is 21.1 Å². The highest BCUT2D eigenvalue weighted by atomic mass is 16.5. The Morgan fingerprint density at radius 3 is 2.68 bits per heavy atom. The highest BCUT2D eigenvalue weighted by molar-refractivity contribution is 5.95. The molecule has 0 saturated carbocycles. The average molecular weight is 418 g/mol. The number of fused-ring (bicyclic) bond motifs is 1. The first-order valence-corrected chi connectivity index (χ1v) is 9.74. The number of rotatable bonds is 5. The summed E-state index contributed by atoms with van der Waals surface area (Å²) in [6.45, 7) is 3.44. The lowest BCUT2D eigenvalue weighted by molar-refractivity contribution is -0.119. The van der Waals surface area contributed by atoms with Crippen LogP contribution in [0.15, 0.2) is 57.8 Å². The number of methoxy groups -OCH3 is 1. The predicted octanol–water partition coefficient (Wildman–Crippen LogP) is 3.34. The molecule has 0 unspecified atom stereocenters. The zero-order chi connectivity index (χ0) is 22.1. The summed E-state index contributed by atoms with van der Waals surface area (Å²) in [5, 5.41) is 8.96. The lowest BCUT2D eigenvalue weighted by Gasteiger charge is -2.18. The molecule has 2 aromatic carbocycles. The van der Waals surface area contributed by atoms with E-state index in [2.05, 4.69) is 10.3 Å². The molecule has 0 saturated heterocycles. The Morgan fingerprint density at radius 2 is 1.94 bits per heavy atom. The number of aryl methyl sites for hydroxylation is 2. The molecule has 0 bridgehead atoms. The van der Waals surface area contributed by atoms with Crippen molar-refractivity contribution < 1.29 is 14.1 Å². The number of anilines is 1. The maximum absolute atomic E-state index is 13.0.